The molecule has 0 saturated carbocycles. The van der Waals surface area contributed by atoms with E-state index in [4.69, 9.17) is 5.11 Å². The van der Waals surface area contributed by atoms with Gasteiger partial charge in [-0.3, -0.25) is 5.32 Å². The molecule has 7 nitrogen and oxygen atoms in total. The maximum absolute atomic E-state index is 12.1. The number of thiazole rings is 1. The van der Waals surface area contributed by atoms with Gasteiger partial charge in [-0.05, 0) is 13.3 Å². The van der Waals surface area contributed by atoms with Crippen LogP contribution in [-0.4, -0.2) is 50.8 Å². The lowest BCUT2D eigenvalue weighted by atomic mass is 10.2. The lowest BCUT2D eigenvalue weighted by molar-refractivity contribution is -0.141. The van der Waals surface area contributed by atoms with Crippen LogP contribution < -0.4 is 5.32 Å². The van der Waals surface area contributed by atoms with Crippen molar-refractivity contribution in [3.8, 4) is 0 Å². The van der Waals surface area contributed by atoms with E-state index in [1.807, 2.05) is 13.8 Å². The van der Waals surface area contributed by atoms with Gasteiger partial charge in [-0.15, -0.1) is 11.3 Å². The number of β-amino-alcohol motifs (C(OH)–C–C–N with tert-alkyl or cyclic N) is 1. The summed E-state index contributed by atoms with van der Waals surface area (Å²) in [4.78, 5) is 29.6. The number of aliphatic hydroxyl groups excluding tert-OH is 1. The van der Waals surface area contributed by atoms with Crippen molar-refractivity contribution in [2.75, 3.05) is 11.9 Å². The van der Waals surface area contributed by atoms with Gasteiger partial charge in [0, 0.05) is 17.8 Å². The third kappa shape index (κ3) is 2.91. The normalized spacial score (nSPS) is 22.1. The minimum atomic E-state index is -1.11. The highest BCUT2D eigenvalue weighted by Crippen LogP contribution is 2.24. The fraction of sp³-hybridized carbons (Fsp3) is 0.583. The van der Waals surface area contributed by atoms with Crippen molar-refractivity contribution in [3.05, 3.63) is 10.6 Å². The average Bonchev–Trinajstić information content (AvgIpc) is 2.92. The van der Waals surface area contributed by atoms with Crippen LogP contribution in [0.2, 0.25) is 0 Å². The van der Waals surface area contributed by atoms with Gasteiger partial charge >= 0.3 is 12.0 Å². The zero-order valence-corrected chi connectivity index (χ0v) is 12.1. The van der Waals surface area contributed by atoms with Gasteiger partial charge in [-0.25, -0.2) is 14.6 Å². The molecule has 2 rings (SSSR count). The quantitative estimate of drug-likeness (QED) is 0.774. The van der Waals surface area contributed by atoms with Crippen LogP contribution in [0.1, 0.15) is 23.9 Å². The molecule has 8 heteroatoms. The number of urea groups is 1. The van der Waals surface area contributed by atoms with Crippen molar-refractivity contribution < 1.29 is 19.8 Å². The average molecular weight is 299 g/mol. The molecular formula is C12H17N3O4S. The zero-order chi connectivity index (χ0) is 14.9. The van der Waals surface area contributed by atoms with E-state index in [0.717, 1.165) is 21.9 Å². The summed E-state index contributed by atoms with van der Waals surface area (Å²) in [6.45, 7) is 3.92. The van der Waals surface area contributed by atoms with Gasteiger partial charge in [-0.1, -0.05) is 6.92 Å². The second kappa shape index (κ2) is 5.76. The van der Waals surface area contributed by atoms with Gasteiger partial charge in [0.15, 0.2) is 5.13 Å². The Balaban J connectivity index is 2.08. The second-order valence-corrected chi connectivity index (χ2v) is 5.90. The first-order valence-corrected chi connectivity index (χ1v) is 7.18. The van der Waals surface area contributed by atoms with E-state index in [0.29, 0.717) is 5.13 Å². The standard InChI is InChI=1S/C12H17N3O4S/c1-3-8-6(2)20-11(13-8)14-12(19)15-5-7(16)4-9(15)10(17)18/h7,9,16H,3-5H2,1-2H3,(H,17,18)(H,13,14,19)/t7?,9-/m0/s1. The Labute approximate surface area is 120 Å². The van der Waals surface area contributed by atoms with Crippen molar-refractivity contribution >= 4 is 28.5 Å². The Kier molecular flexibility index (Phi) is 4.24. The van der Waals surface area contributed by atoms with Crippen molar-refractivity contribution in [3.63, 3.8) is 0 Å². The highest BCUT2D eigenvalue weighted by Gasteiger charge is 2.39. The van der Waals surface area contributed by atoms with Crippen LogP contribution in [0.25, 0.3) is 0 Å². The second-order valence-electron chi connectivity index (χ2n) is 4.70. The van der Waals surface area contributed by atoms with Gasteiger partial charge in [0.1, 0.15) is 6.04 Å². The number of hydrogen-bond acceptors (Lipinski definition) is 5. The molecule has 110 valence electrons. The fourth-order valence-corrected chi connectivity index (χ4v) is 3.14. The number of rotatable bonds is 3. The molecule has 2 atom stereocenters. The van der Waals surface area contributed by atoms with Crippen LogP contribution >= 0.6 is 11.3 Å². The molecule has 1 aromatic rings. The molecule has 2 amide bonds. The number of likely N-dealkylation sites (tertiary alicyclic amines) is 1. The number of amides is 2. The molecule has 0 aliphatic carbocycles. The number of carboxylic acids is 1. The molecule has 0 spiro atoms. The van der Waals surface area contributed by atoms with Gasteiger partial charge in [0.05, 0.1) is 11.8 Å². The van der Waals surface area contributed by atoms with E-state index < -0.39 is 24.1 Å². The highest BCUT2D eigenvalue weighted by molar-refractivity contribution is 7.15. The van der Waals surface area contributed by atoms with E-state index in [-0.39, 0.29) is 13.0 Å². The molecule has 0 radical (unpaired) electrons. The zero-order valence-electron chi connectivity index (χ0n) is 11.3. The Morgan fingerprint density at radius 1 is 1.55 bits per heavy atom. The predicted octanol–water partition coefficient (Wildman–Crippen LogP) is 1.07. The SMILES string of the molecule is CCc1nc(NC(=O)N2CC(O)C[C@H]2C(=O)O)sc1C. The summed E-state index contributed by atoms with van der Waals surface area (Å²) >= 11 is 1.36. The fourth-order valence-electron chi connectivity index (χ4n) is 2.25. The largest absolute Gasteiger partial charge is 0.480 e. The molecule has 2 heterocycles. The molecule has 20 heavy (non-hydrogen) atoms. The third-order valence-electron chi connectivity index (χ3n) is 3.27. The first-order valence-electron chi connectivity index (χ1n) is 6.37. The number of nitrogens with zero attached hydrogens (tertiary/aromatic N) is 2. The molecule has 1 saturated heterocycles. The molecule has 1 aliphatic rings. The maximum atomic E-state index is 12.1. The Bertz CT molecular complexity index is 531. The highest BCUT2D eigenvalue weighted by atomic mass is 32.1. The van der Waals surface area contributed by atoms with Crippen LogP contribution in [0.5, 0.6) is 0 Å². The monoisotopic (exact) mass is 299 g/mol. The van der Waals surface area contributed by atoms with E-state index in [2.05, 4.69) is 10.3 Å². The number of aryl methyl sites for hydroxylation is 2. The summed E-state index contributed by atoms with van der Waals surface area (Å²) < 4.78 is 0. The van der Waals surface area contributed by atoms with Crippen LogP contribution in [0.4, 0.5) is 9.93 Å². The number of aliphatic hydroxyl groups is 1. The lowest BCUT2D eigenvalue weighted by Crippen LogP contribution is -2.43. The molecule has 0 aromatic carbocycles. The van der Waals surface area contributed by atoms with Crippen LogP contribution in [0.3, 0.4) is 0 Å². The summed E-state index contributed by atoms with van der Waals surface area (Å²) in [6, 6.07) is -1.53. The van der Waals surface area contributed by atoms with Crippen LogP contribution in [0, 0.1) is 6.92 Å². The summed E-state index contributed by atoms with van der Waals surface area (Å²) in [5, 5.41) is 21.6. The van der Waals surface area contributed by atoms with Crippen molar-refractivity contribution in [2.45, 2.75) is 38.8 Å². The van der Waals surface area contributed by atoms with Crippen molar-refractivity contribution in [2.24, 2.45) is 0 Å². The van der Waals surface area contributed by atoms with Crippen molar-refractivity contribution in [1.82, 2.24) is 9.88 Å². The Morgan fingerprint density at radius 2 is 2.25 bits per heavy atom. The Hall–Kier alpha value is -1.67. The number of carbonyl (C=O) groups is 2. The number of hydrogen-bond donors (Lipinski definition) is 3. The van der Waals surface area contributed by atoms with E-state index in [1.54, 1.807) is 0 Å². The number of aliphatic carboxylic acids is 1. The van der Waals surface area contributed by atoms with Gasteiger partial charge in [0.2, 0.25) is 0 Å². The van der Waals surface area contributed by atoms with Crippen LogP contribution in [-0.2, 0) is 11.2 Å². The summed E-state index contributed by atoms with van der Waals surface area (Å²) in [5.41, 5.74) is 0.918. The van der Waals surface area contributed by atoms with E-state index in [1.165, 1.54) is 11.3 Å². The third-order valence-corrected chi connectivity index (χ3v) is 4.19. The Morgan fingerprint density at radius 3 is 2.80 bits per heavy atom. The molecular weight excluding hydrogens is 282 g/mol. The first kappa shape index (κ1) is 14.7. The molecule has 3 N–H and O–H groups in total. The smallest absolute Gasteiger partial charge is 0.326 e. The van der Waals surface area contributed by atoms with Gasteiger partial charge in [0.25, 0.3) is 0 Å². The summed E-state index contributed by atoms with van der Waals surface area (Å²) in [7, 11) is 0. The molecule has 1 fully saturated rings. The van der Waals surface area contributed by atoms with E-state index in [9.17, 15) is 14.7 Å². The lowest BCUT2D eigenvalue weighted by Gasteiger charge is -2.20. The minimum absolute atomic E-state index is 0.0216. The maximum Gasteiger partial charge on any atom is 0.326 e. The minimum Gasteiger partial charge on any atom is -0.480 e. The van der Waals surface area contributed by atoms with Gasteiger partial charge < -0.3 is 15.1 Å². The number of aromatic nitrogens is 1. The number of anilines is 1. The number of carboxylic acid groups (broad SMARTS) is 1. The predicted molar refractivity (Wildman–Crippen MR) is 74.0 cm³/mol. The summed E-state index contributed by atoms with van der Waals surface area (Å²) in [5.74, 6) is -1.11. The summed E-state index contributed by atoms with van der Waals surface area (Å²) in [6.07, 6.45) is 0.0317. The molecule has 1 unspecified atom stereocenters. The van der Waals surface area contributed by atoms with Gasteiger partial charge in [-0.2, -0.15) is 0 Å². The molecule has 1 aromatic heterocycles. The molecule has 1 aliphatic heterocycles. The topological polar surface area (TPSA) is 103 Å². The molecule has 0 bridgehead atoms. The van der Waals surface area contributed by atoms with E-state index >= 15 is 0 Å². The van der Waals surface area contributed by atoms with Crippen LogP contribution in [0.15, 0.2) is 0 Å². The first-order chi connectivity index (χ1) is 9.42. The van der Waals surface area contributed by atoms with Crippen molar-refractivity contribution in [1.29, 1.82) is 0 Å². The number of carbonyl (C=O) groups excluding carboxylic acids is 1. The number of nitrogens with one attached hydrogen (secondary N) is 1.